The highest BCUT2D eigenvalue weighted by Gasteiger charge is 2.12. The molecule has 1 rings (SSSR count). The van der Waals surface area contributed by atoms with E-state index in [0.29, 0.717) is 16.5 Å². The van der Waals surface area contributed by atoms with E-state index in [1.54, 1.807) is 6.07 Å². The van der Waals surface area contributed by atoms with Crippen molar-refractivity contribution in [2.24, 2.45) is 11.7 Å². The average molecular weight is 230 g/mol. The van der Waals surface area contributed by atoms with Gasteiger partial charge in [-0.15, -0.1) is 0 Å². The first-order valence-corrected chi connectivity index (χ1v) is 5.59. The molecular formula is C12H17ClFN. The molecular weight excluding hydrogens is 213 g/mol. The van der Waals surface area contributed by atoms with E-state index in [-0.39, 0.29) is 11.9 Å². The maximum Gasteiger partial charge on any atom is 0.128 e. The van der Waals surface area contributed by atoms with E-state index in [1.807, 2.05) is 0 Å². The van der Waals surface area contributed by atoms with E-state index in [4.69, 9.17) is 17.3 Å². The minimum absolute atomic E-state index is 0.258. The number of hydrogen-bond donors (Lipinski definition) is 1. The summed E-state index contributed by atoms with van der Waals surface area (Å²) in [6.07, 6.45) is 1.78. The molecule has 0 aliphatic rings. The van der Waals surface area contributed by atoms with Gasteiger partial charge in [0.2, 0.25) is 0 Å². The summed E-state index contributed by atoms with van der Waals surface area (Å²) in [7, 11) is 0. The number of rotatable bonds is 4. The number of nitrogens with two attached hydrogens (primary N) is 1. The lowest BCUT2D eigenvalue weighted by molar-refractivity contribution is 0.491. The Morgan fingerprint density at radius 3 is 2.60 bits per heavy atom. The molecule has 0 fully saturated rings. The smallest absolute Gasteiger partial charge is 0.128 e. The van der Waals surface area contributed by atoms with Crippen LogP contribution in [0.2, 0.25) is 5.02 Å². The van der Waals surface area contributed by atoms with Gasteiger partial charge in [0.05, 0.1) is 0 Å². The van der Waals surface area contributed by atoms with Crippen LogP contribution < -0.4 is 5.73 Å². The molecule has 0 radical (unpaired) electrons. The Hall–Kier alpha value is -0.600. The van der Waals surface area contributed by atoms with Gasteiger partial charge in [0.1, 0.15) is 5.82 Å². The van der Waals surface area contributed by atoms with Crippen LogP contribution in [0.5, 0.6) is 0 Å². The summed E-state index contributed by atoms with van der Waals surface area (Å²) >= 11 is 5.80. The van der Waals surface area contributed by atoms with Crippen LogP contribution >= 0.6 is 11.6 Å². The Kier molecular flexibility index (Phi) is 4.55. The lowest BCUT2D eigenvalue weighted by Crippen LogP contribution is -2.13. The van der Waals surface area contributed by atoms with Crippen molar-refractivity contribution in [2.75, 3.05) is 0 Å². The van der Waals surface area contributed by atoms with Crippen LogP contribution in [-0.4, -0.2) is 0 Å². The van der Waals surface area contributed by atoms with Crippen molar-refractivity contribution >= 4 is 11.6 Å². The first-order valence-electron chi connectivity index (χ1n) is 5.21. The fraction of sp³-hybridized carbons (Fsp3) is 0.500. The third kappa shape index (κ3) is 3.80. The summed E-state index contributed by atoms with van der Waals surface area (Å²) in [5.41, 5.74) is 6.43. The summed E-state index contributed by atoms with van der Waals surface area (Å²) < 4.78 is 13.4. The monoisotopic (exact) mass is 229 g/mol. The lowest BCUT2D eigenvalue weighted by Gasteiger charge is -2.14. The zero-order valence-corrected chi connectivity index (χ0v) is 9.89. The Morgan fingerprint density at radius 2 is 2.00 bits per heavy atom. The van der Waals surface area contributed by atoms with Gasteiger partial charge >= 0.3 is 0 Å². The Morgan fingerprint density at radius 1 is 1.33 bits per heavy atom. The number of halogens is 2. The van der Waals surface area contributed by atoms with Gasteiger partial charge in [-0.25, -0.2) is 4.39 Å². The Balaban J connectivity index is 2.72. The minimum atomic E-state index is -0.268. The van der Waals surface area contributed by atoms with E-state index in [0.717, 1.165) is 12.8 Å². The molecule has 84 valence electrons. The second kappa shape index (κ2) is 5.47. The van der Waals surface area contributed by atoms with Crippen LogP contribution in [0.25, 0.3) is 0 Å². The first kappa shape index (κ1) is 12.5. The summed E-state index contributed by atoms with van der Waals surface area (Å²) in [5.74, 6) is 0.314. The second-order valence-electron chi connectivity index (χ2n) is 4.24. The third-order valence-electron chi connectivity index (χ3n) is 2.41. The molecule has 0 saturated carbocycles. The zero-order valence-electron chi connectivity index (χ0n) is 9.13. The molecule has 3 heteroatoms. The van der Waals surface area contributed by atoms with Gasteiger partial charge in [-0.1, -0.05) is 25.4 Å². The molecule has 1 aromatic carbocycles. The van der Waals surface area contributed by atoms with Crippen LogP contribution in [0.1, 0.15) is 38.3 Å². The fourth-order valence-electron chi connectivity index (χ4n) is 1.47. The van der Waals surface area contributed by atoms with Crippen LogP contribution in [0.3, 0.4) is 0 Å². The predicted octanol–water partition coefficient (Wildman–Crippen LogP) is 3.92. The normalized spacial score (nSPS) is 13.2. The molecule has 1 atom stereocenters. The predicted molar refractivity (Wildman–Crippen MR) is 62.4 cm³/mol. The molecule has 0 spiro atoms. The van der Waals surface area contributed by atoms with Gasteiger partial charge in [0, 0.05) is 16.6 Å². The molecule has 1 nitrogen and oxygen atoms in total. The molecule has 15 heavy (non-hydrogen) atoms. The highest BCUT2D eigenvalue weighted by Crippen LogP contribution is 2.24. The maximum absolute atomic E-state index is 13.4. The fourth-order valence-corrected chi connectivity index (χ4v) is 1.65. The van der Waals surface area contributed by atoms with E-state index >= 15 is 0 Å². The van der Waals surface area contributed by atoms with Gasteiger partial charge < -0.3 is 5.73 Å². The zero-order chi connectivity index (χ0) is 11.4. The maximum atomic E-state index is 13.4. The van der Waals surface area contributed by atoms with E-state index < -0.39 is 0 Å². The van der Waals surface area contributed by atoms with Crippen LogP contribution in [0.15, 0.2) is 18.2 Å². The number of benzene rings is 1. The molecule has 0 bridgehead atoms. The van der Waals surface area contributed by atoms with E-state index in [2.05, 4.69) is 13.8 Å². The van der Waals surface area contributed by atoms with E-state index in [9.17, 15) is 4.39 Å². The van der Waals surface area contributed by atoms with Crippen molar-refractivity contribution in [3.05, 3.63) is 34.6 Å². The first-order chi connectivity index (χ1) is 7.00. The highest BCUT2D eigenvalue weighted by molar-refractivity contribution is 6.30. The van der Waals surface area contributed by atoms with Crippen molar-refractivity contribution in [3.63, 3.8) is 0 Å². The topological polar surface area (TPSA) is 26.0 Å². The summed E-state index contributed by atoms with van der Waals surface area (Å²) in [4.78, 5) is 0. The van der Waals surface area contributed by atoms with Crippen LogP contribution in [-0.2, 0) is 0 Å². The van der Waals surface area contributed by atoms with Crippen molar-refractivity contribution in [3.8, 4) is 0 Å². The van der Waals surface area contributed by atoms with Gasteiger partial charge in [-0.05, 0) is 37.0 Å². The standard InChI is InChI=1S/C12H17ClFN/c1-8(2)3-6-12(15)10-7-9(13)4-5-11(10)14/h4-5,7-8,12H,3,6,15H2,1-2H3/t12-/m0/s1. The minimum Gasteiger partial charge on any atom is -0.324 e. The van der Waals surface area contributed by atoms with Crippen LogP contribution in [0.4, 0.5) is 4.39 Å². The van der Waals surface area contributed by atoms with Gasteiger partial charge in [-0.3, -0.25) is 0 Å². The van der Waals surface area contributed by atoms with Crippen molar-refractivity contribution in [1.29, 1.82) is 0 Å². The Labute approximate surface area is 95.4 Å². The highest BCUT2D eigenvalue weighted by atomic mass is 35.5. The summed E-state index contributed by atoms with van der Waals surface area (Å²) in [5, 5.41) is 0.534. The molecule has 0 aromatic heterocycles. The lowest BCUT2D eigenvalue weighted by atomic mass is 9.98. The molecule has 2 N–H and O–H groups in total. The van der Waals surface area contributed by atoms with Crippen molar-refractivity contribution in [1.82, 2.24) is 0 Å². The van der Waals surface area contributed by atoms with Crippen molar-refractivity contribution in [2.45, 2.75) is 32.7 Å². The Bertz CT molecular complexity index is 325. The quantitative estimate of drug-likeness (QED) is 0.832. The van der Waals surface area contributed by atoms with Gasteiger partial charge in [0.15, 0.2) is 0 Å². The third-order valence-corrected chi connectivity index (χ3v) is 2.65. The summed E-state index contributed by atoms with van der Waals surface area (Å²) in [6, 6.07) is 4.26. The molecule has 0 unspecified atom stereocenters. The summed E-state index contributed by atoms with van der Waals surface area (Å²) in [6.45, 7) is 4.25. The molecule has 0 saturated heterocycles. The van der Waals surface area contributed by atoms with Gasteiger partial charge in [0.25, 0.3) is 0 Å². The van der Waals surface area contributed by atoms with Gasteiger partial charge in [-0.2, -0.15) is 0 Å². The number of hydrogen-bond acceptors (Lipinski definition) is 1. The van der Waals surface area contributed by atoms with Crippen molar-refractivity contribution < 1.29 is 4.39 Å². The molecule has 0 heterocycles. The largest absolute Gasteiger partial charge is 0.324 e. The van der Waals surface area contributed by atoms with Crippen LogP contribution in [0, 0.1) is 11.7 Å². The molecule has 0 aliphatic heterocycles. The van der Waals surface area contributed by atoms with E-state index in [1.165, 1.54) is 12.1 Å². The second-order valence-corrected chi connectivity index (χ2v) is 4.68. The molecule has 0 amide bonds. The molecule has 0 aliphatic carbocycles. The average Bonchev–Trinajstić information content (AvgIpc) is 2.18. The molecule has 1 aromatic rings. The SMILES string of the molecule is CC(C)CC[C@H](N)c1cc(Cl)ccc1F.